The zero-order valence-electron chi connectivity index (χ0n) is 8.68. The van der Waals surface area contributed by atoms with Gasteiger partial charge in [0.25, 0.3) is 0 Å². The Bertz CT molecular complexity index is 144. The van der Waals surface area contributed by atoms with E-state index >= 15 is 0 Å². The van der Waals surface area contributed by atoms with Crippen molar-refractivity contribution < 1.29 is 9.84 Å². The second kappa shape index (κ2) is 4.94. The standard InChI is InChI=1S/C10H21NO2/c1-10(12,9-4-3-5-9)8-11-6-7-13-2/h9,11-12H,3-8H2,1-2H3. The molecule has 1 fully saturated rings. The summed E-state index contributed by atoms with van der Waals surface area (Å²) in [4.78, 5) is 0. The van der Waals surface area contributed by atoms with E-state index in [1.54, 1.807) is 7.11 Å². The molecular formula is C10H21NO2. The first-order valence-electron chi connectivity index (χ1n) is 5.09. The van der Waals surface area contributed by atoms with Gasteiger partial charge in [0.15, 0.2) is 0 Å². The lowest BCUT2D eigenvalue weighted by Crippen LogP contribution is -2.47. The smallest absolute Gasteiger partial charge is 0.0771 e. The SMILES string of the molecule is COCCNCC(C)(O)C1CCC1. The van der Waals surface area contributed by atoms with Crippen molar-refractivity contribution in [1.29, 1.82) is 0 Å². The van der Waals surface area contributed by atoms with Crippen molar-refractivity contribution in [3.8, 4) is 0 Å². The molecule has 0 aromatic rings. The highest BCUT2D eigenvalue weighted by atomic mass is 16.5. The lowest BCUT2D eigenvalue weighted by molar-refractivity contribution is -0.0335. The summed E-state index contributed by atoms with van der Waals surface area (Å²) in [6.45, 7) is 4.14. The number of rotatable bonds is 6. The normalized spacial score (nSPS) is 22.4. The Balaban J connectivity index is 2.10. The maximum Gasteiger partial charge on any atom is 0.0771 e. The molecule has 0 radical (unpaired) electrons. The third-order valence-electron chi connectivity index (χ3n) is 2.95. The van der Waals surface area contributed by atoms with Gasteiger partial charge >= 0.3 is 0 Å². The summed E-state index contributed by atoms with van der Waals surface area (Å²) in [6.07, 6.45) is 3.64. The second-order valence-electron chi connectivity index (χ2n) is 4.15. The zero-order chi connectivity index (χ0) is 9.73. The van der Waals surface area contributed by atoms with E-state index in [2.05, 4.69) is 5.32 Å². The van der Waals surface area contributed by atoms with Crippen LogP contribution in [0, 0.1) is 5.92 Å². The van der Waals surface area contributed by atoms with Gasteiger partial charge in [-0.1, -0.05) is 6.42 Å². The van der Waals surface area contributed by atoms with E-state index in [4.69, 9.17) is 4.74 Å². The fraction of sp³-hybridized carbons (Fsp3) is 1.00. The van der Waals surface area contributed by atoms with E-state index in [0.717, 1.165) is 6.54 Å². The summed E-state index contributed by atoms with van der Waals surface area (Å²) in [5, 5.41) is 13.2. The first-order valence-corrected chi connectivity index (χ1v) is 5.09. The quantitative estimate of drug-likeness (QED) is 0.604. The molecule has 1 atom stereocenters. The van der Waals surface area contributed by atoms with Crippen molar-refractivity contribution in [2.75, 3.05) is 26.8 Å². The van der Waals surface area contributed by atoms with Crippen LogP contribution in [0.4, 0.5) is 0 Å². The number of aliphatic hydroxyl groups is 1. The van der Waals surface area contributed by atoms with Gasteiger partial charge in [0.05, 0.1) is 12.2 Å². The Hall–Kier alpha value is -0.120. The molecule has 1 aliphatic rings. The third kappa shape index (κ3) is 3.25. The van der Waals surface area contributed by atoms with E-state index < -0.39 is 5.60 Å². The summed E-state index contributed by atoms with van der Waals surface area (Å²) in [5.41, 5.74) is -0.522. The van der Waals surface area contributed by atoms with Crippen molar-refractivity contribution in [1.82, 2.24) is 5.32 Å². The molecule has 0 spiro atoms. The van der Waals surface area contributed by atoms with Crippen LogP contribution < -0.4 is 5.32 Å². The lowest BCUT2D eigenvalue weighted by atomic mass is 9.74. The summed E-state index contributed by atoms with van der Waals surface area (Å²) >= 11 is 0. The predicted octanol–water partition coefficient (Wildman–Crippen LogP) is 0.773. The first kappa shape index (κ1) is 11.0. The maximum absolute atomic E-state index is 10.0. The molecule has 0 aromatic heterocycles. The molecule has 13 heavy (non-hydrogen) atoms. The van der Waals surface area contributed by atoms with E-state index in [1.807, 2.05) is 6.92 Å². The average molecular weight is 187 g/mol. The summed E-state index contributed by atoms with van der Waals surface area (Å²) in [7, 11) is 1.69. The predicted molar refractivity (Wildman–Crippen MR) is 52.7 cm³/mol. The van der Waals surface area contributed by atoms with Crippen molar-refractivity contribution >= 4 is 0 Å². The third-order valence-corrected chi connectivity index (χ3v) is 2.95. The molecule has 1 rings (SSSR count). The van der Waals surface area contributed by atoms with Gasteiger partial charge in [-0.3, -0.25) is 0 Å². The highest BCUT2D eigenvalue weighted by Crippen LogP contribution is 2.35. The van der Waals surface area contributed by atoms with Crippen LogP contribution in [0.15, 0.2) is 0 Å². The Morgan fingerprint density at radius 3 is 2.69 bits per heavy atom. The maximum atomic E-state index is 10.0. The molecule has 2 N–H and O–H groups in total. The molecule has 0 aromatic carbocycles. The van der Waals surface area contributed by atoms with Crippen LogP contribution in [-0.4, -0.2) is 37.5 Å². The van der Waals surface area contributed by atoms with Crippen LogP contribution in [0.25, 0.3) is 0 Å². The zero-order valence-corrected chi connectivity index (χ0v) is 8.68. The molecule has 0 bridgehead atoms. The molecule has 0 aliphatic heterocycles. The average Bonchev–Trinajstić information content (AvgIpc) is 1.93. The minimum atomic E-state index is -0.522. The summed E-state index contributed by atoms with van der Waals surface area (Å²) in [5.74, 6) is 0.502. The number of hydrogen-bond acceptors (Lipinski definition) is 3. The molecule has 1 aliphatic carbocycles. The number of methoxy groups -OCH3 is 1. The number of ether oxygens (including phenoxy) is 1. The van der Waals surface area contributed by atoms with Gasteiger partial charge < -0.3 is 15.2 Å². The number of hydrogen-bond donors (Lipinski definition) is 2. The van der Waals surface area contributed by atoms with Crippen LogP contribution in [0.2, 0.25) is 0 Å². The minimum Gasteiger partial charge on any atom is -0.389 e. The van der Waals surface area contributed by atoms with Gasteiger partial charge in [0.1, 0.15) is 0 Å². The number of nitrogens with one attached hydrogen (secondary N) is 1. The molecule has 3 nitrogen and oxygen atoms in total. The molecule has 0 saturated heterocycles. The van der Waals surface area contributed by atoms with Crippen LogP contribution >= 0.6 is 0 Å². The molecule has 1 unspecified atom stereocenters. The first-order chi connectivity index (χ1) is 6.17. The van der Waals surface area contributed by atoms with Crippen LogP contribution in [0.5, 0.6) is 0 Å². The van der Waals surface area contributed by atoms with Gasteiger partial charge in [0, 0.05) is 20.2 Å². The molecular weight excluding hydrogens is 166 g/mol. The van der Waals surface area contributed by atoms with Crippen molar-refractivity contribution in [2.45, 2.75) is 31.8 Å². The Kier molecular flexibility index (Phi) is 4.16. The summed E-state index contributed by atoms with van der Waals surface area (Å²) < 4.78 is 4.91. The highest BCUT2D eigenvalue weighted by Gasteiger charge is 2.35. The molecule has 78 valence electrons. The molecule has 1 saturated carbocycles. The monoisotopic (exact) mass is 187 g/mol. The summed E-state index contributed by atoms with van der Waals surface area (Å²) in [6, 6.07) is 0. The van der Waals surface area contributed by atoms with Gasteiger partial charge in [-0.25, -0.2) is 0 Å². The van der Waals surface area contributed by atoms with Crippen LogP contribution in [0.3, 0.4) is 0 Å². The Morgan fingerprint density at radius 2 is 2.23 bits per heavy atom. The van der Waals surface area contributed by atoms with Gasteiger partial charge in [-0.2, -0.15) is 0 Å². The fourth-order valence-corrected chi connectivity index (χ4v) is 1.69. The Morgan fingerprint density at radius 1 is 1.54 bits per heavy atom. The Labute approximate surface area is 80.5 Å². The van der Waals surface area contributed by atoms with Gasteiger partial charge in [-0.15, -0.1) is 0 Å². The lowest BCUT2D eigenvalue weighted by Gasteiger charge is -2.39. The van der Waals surface area contributed by atoms with Gasteiger partial charge in [-0.05, 0) is 25.7 Å². The van der Waals surface area contributed by atoms with Crippen LogP contribution in [0.1, 0.15) is 26.2 Å². The van der Waals surface area contributed by atoms with E-state index in [1.165, 1.54) is 19.3 Å². The minimum absolute atomic E-state index is 0.502. The van der Waals surface area contributed by atoms with Crippen molar-refractivity contribution in [2.24, 2.45) is 5.92 Å². The van der Waals surface area contributed by atoms with E-state index in [9.17, 15) is 5.11 Å². The molecule has 3 heteroatoms. The fourth-order valence-electron chi connectivity index (χ4n) is 1.69. The largest absolute Gasteiger partial charge is 0.389 e. The topological polar surface area (TPSA) is 41.5 Å². The van der Waals surface area contributed by atoms with E-state index in [-0.39, 0.29) is 0 Å². The molecule has 0 amide bonds. The second-order valence-corrected chi connectivity index (χ2v) is 4.15. The van der Waals surface area contributed by atoms with Crippen molar-refractivity contribution in [3.63, 3.8) is 0 Å². The van der Waals surface area contributed by atoms with E-state index in [0.29, 0.717) is 19.1 Å². The van der Waals surface area contributed by atoms with Gasteiger partial charge in [0.2, 0.25) is 0 Å². The highest BCUT2D eigenvalue weighted by molar-refractivity contribution is 4.89. The van der Waals surface area contributed by atoms with Crippen LogP contribution in [-0.2, 0) is 4.74 Å². The molecule has 0 heterocycles. The van der Waals surface area contributed by atoms with Crippen molar-refractivity contribution in [3.05, 3.63) is 0 Å².